The molecule has 0 spiro atoms. The highest BCUT2D eigenvalue weighted by molar-refractivity contribution is 5.88. The number of aromatic nitrogens is 3. The molecule has 0 amide bonds. The molecule has 156 valence electrons. The van der Waals surface area contributed by atoms with E-state index < -0.39 is 5.97 Å². The van der Waals surface area contributed by atoms with Gasteiger partial charge in [0, 0.05) is 22.7 Å². The average Bonchev–Trinajstić information content (AvgIpc) is 3.20. The van der Waals surface area contributed by atoms with Crippen LogP contribution in [0.2, 0.25) is 0 Å². The molecule has 2 N–H and O–H groups in total. The lowest BCUT2D eigenvalue weighted by Gasteiger charge is -2.08. The van der Waals surface area contributed by atoms with Crippen LogP contribution in [-0.4, -0.2) is 26.0 Å². The van der Waals surface area contributed by atoms with E-state index in [2.05, 4.69) is 23.8 Å². The molecule has 31 heavy (non-hydrogen) atoms. The molecule has 4 aromatic rings. The first kappa shape index (κ1) is 20.5. The number of rotatable bonds is 5. The molecule has 0 atom stereocenters. The molecule has 5 nitrogen and oxygen atoms in total. The molecule has 0 bridgehead atoms. The number of nitrogens with one attached hydrogen (secondary N) is 1. The van der Waals surface area contributed by atoms with Crippen LogP contribution in [0.3, 0.4) is 0 Å². The summed E-state index contributed by atoms with van der Waals surface area (Å²) < 4.78 is 14.7. The lowest BCUT2D eigenvalue weighted by atomic mass is 9.99. The third-order valence-electron chi connectivity index (χ3n) is 5.10. The Labute approximate surface area is 179 Å². The van der Waals surface area contributed by atoms with Gasteiger partial charge in [-0.05, 0) is 55.0 Å². The summed E-state index contributed by atoms with van der Waals surface area (Å²) >= 11 is 0. The van der Waals surface area contributed by atoms with Crippen molar-refractivity contribution in [3.05, 3.63) is 83.6 Å². The van der Waals surface area contributed by atoms with E-state index in [9.17, 15) is 9.18 Å². The molecule has 0 aliphatic rings. The van der Waals surface area contributed by atoms with Crippen molar-refractivity contribution in [2.24, 2.45) is 0 Å². The molecule has 0 radical (unpaired) electrons. The Balaban J connectivity index is 1.85. The van der Waals surface area contributed by atoms with Gasteiger partial charge < -0.3 is 10.1 Å². The van der Waals surface area contributed by atoms with Crippen molar-refractivity contribution in [1.29, 1.82) is 0 Å². The number of halogens is 1. The zero-order valence-corrected chi connectivity index (χ0v) is 17.5. The van der Waals surface area contributed by atoms with Gasteiger partial charge in [-0.3, -0.25) is 4.98 Å². The van der Waals surface area contributed by atoms with Crippen molar-refractivity contribution in [2.45, 2.75) is 26.7 Å². The predicted molar refractivity (Wildman–Crippen MR) is 118 cm³/mol. The van der Waals surface area contributed by atoms with Crippen molar-refractivity contribution < 1.29 is 14.3 Å². The first-order valence-corrected chi connectivity index (χ1v) is 10.0. The third kappa shape index (κ3) is 4.10. The largest absolute Gasteiger partial charge is 0.478 e. The van der Waals surface area contributed by atoms with E-state index in [4.69, 9.17) is 10.1 Å². The van der Waals surface area contributed by atoms with Gasteiger partial charge in [0.05, 0.1) is 22.6 Å². The minimum Gasteiger partial charge on any atom is -0.478 e. The normalized spacial score (nSPS) is 11.1. The van der Waals surface area contributed by atoms with Gasteiger partial charge in [-0.25, -0.2) is 14.2 Å². The lowest BCUT2D eigenvalue weighted by Crippen LogP contribution is -1.95. The Morgan fingerprint density at radius 1 is 1.00 bits per heavy atom. The van der Waals surface area contributed by atoms with Crippen molar-refractivity contribution in [3.8, 4) is 33.8 Å². The summed E-state index contributed by atoms with van der Waals surface area (Å²) in [5.41, 5.74) is 5.03. The minimum atomic E-state index is -1.02. The van der Waals surface area contributed by atoms with Gasteiger partial charge in [0.25, 0.3) is 0 Å². The van der Waals surface area contributed by atoms with Crippen molar-refractivity contribution in [1.82, 2.24) is 15.0 Å². The zero-order chi connectivity index (χ0) is 22.1. The standard InChI is InChI=1S/C25H22FN3O2/c1-14(2)24-28-22(23(29-24)21-6-4-5-15(3)27-21)18-11-12-20(26)19(13-18)16-7-9-17(10-8-16)25(30)31/h4-14H,1-3H3,(H,28,29)(H,30,31). The van der Waals surface area contributed by atoms with E-state index in [1.165, 1.54) is 18.2 Å². The van der Waals surface area contributed by atoms with Gasteiger partial charge in [-0.2, -0.15) is 0 Å². The number of carboxylic acids is 1. The molecule has 0 aliphatic heterocycles. The molecule has 2 aromatic carbocycles. The molecular weight excluding hydrogens is 393 g/mol. The Morgan fingerprint density at radius 3 is 2.35 bits per heavy atom. The molecule has 0 saturated carbocycles. The second-order valence-corrected chi connectivity index (χ2v) is 7.74. The summed E-state index contributed by atoms with van der Waals surface area (Å²) in [5, 5.41) is 9.11. The van der Waals surface area contributed by atoms with Crippen LogP contribution in [0.5, 0.6) is 0 Å². The predicted octanol–water partition coefficient (Wildman–Crippen LogP) is 6.07. The molecule has 2 aromatic heterocycles. The van der Waals surface area contributed by atoms with Gasteiger partial charge in [-0.1, -0.05) is 32.0 Å². The maximum absolute atomic E-state index is 14.7. The Kier molecular flexibility index (Phi) is 5.38. The maximum atomic E-state index is 14.7. The smallest absolute Gasteiger partial charge is 0.335 e. The Hall–Kier alpha value is -3.80. The van der Waals surface area contributed by atoms with E-state index in [0.29, 0.717) is 16.8 Å². The Bertz CT molecular complexity index is 1260. The monoisotopic (exact) mass is 415 g/mol. The van der Waals surface area contributed by atoms with Gasteiger partial charge >= 0.3 is 5.97 Å². The number of benzene rings is 2. The molecule has 2 heterocycles. The highest BCUT2D eigenvalue weighted by Crippen LogP contribution is 2.34. The third-order valence-corrected chi connectivity index (χ3v) is 5.10. The molecule has 0 unspecified atom stereocenters. The van der Waals surface area contributed by atoms with Gasteiger partial charge in [0.1, 0.15) is 11.6 Å². The number of carboxylic acid groups (broad SMARTS) is 1. The second-order valence-electron chi connectivity index (χ2n) is 7.74. The van der Waals surface area contributed by atoms with E-state index in [1.54, 1.807) is 24.3 Å². The SMILES string of the molecule is Cc1cccc(-c2[nH]c(C(C)C)nc2-c2ccc(F)c(-c3ccc(C(=O)O)cc3)c2)n1. The zero-order valence-electron chi connectivity index (χ0n) is 17.5. The number of aryl methyl sites for hydroxylation is 1. The number of nitrogens with zero attached hydrogens (tertiary/aromatic N) is 2. The maximum Gasteiger partial charge on any atom is 0.335 e. The first-order chi connectivity index (χ1) is 14.8. The fraction of sp³-hybridized carbons (Fsp3) is 0.160. The van der Waals surface area contributed by atoms with E-state index in [0.717, 1.165) is 28.5 Å². The number of hydrogen-bond donors (Lipinski definition) is 2. The van der Waals surface area contributed by atoms with Crippen LogP contribution in [-0.2, 0) is 0 Å². The molecule has 0 saturated heterocycles. The van der Waals surface area contributed by atoms with Gasteiger partial charge in [0.2, 0.25) is 0 Å². The number of pyridine rings is 1. The summed E-state index contributed by atoms with van der Waals surface area (Å²) in [5.74, 6) is -0.402. The van der Waals surface area contributed by atoms with Gasteiger partial charge in [0.15, 0.2) is 0 Å². The van der Waals surface area contributed by atoms with E-state index >= 15 is 0 Å². The summed E-state index contributed by atoms with van der Waals surface area (Å²) in [6.07, 6.45) is 0. The highest BCUT2D eigenvalue weighted by Gasteiger charge is 2.18. The second kappa shape index (κ2) is 8.14. The molecule has 0 fully saturated rings. The fourth-order valence-electron chi connectivity index (χ4n) is 3.43. The number of carbonyl (C=O) groups is 1. The number of imidazole rings is 1. The summed E-state index contributed by atoms with van der Waals surface area (Å²) in [7, 11) is 0. The van der Waals surface area contributed by atoms with Crippen LogP contribution in [0.4, 0.5) is 4.39 Å². The molecular formula is C25H22FN3O2. The van der Waals surface area contributed by atoms with Crippen LogP contribution in [0.15, 0.2) is 60.7 Å². The number of aromatic carboxylic acids is 1. The molecule has 6 heteroatoms. The number of hydrogen-bond acceptors (Lipinski definition) is 3. The van der Waals surface area contributed by atoms with Crippen molar-refractivity contribution >= 4 is 5.97 Å². The number of H-pyrrole nitrogens is 1. The van der Waals surface area contributed by atoms with Crippen LogP contribution in [0.25, 0.3) is 33.8 Å². The topological polar surface area (TPSA) is 78.9 Å². The summed E-state index contributed by atoms with van der Waals surface area (Å²) in [6, 6.07) is 16.8. The Morgan fingerprint density at radius 2 is 1.71 bits per heavy atom. The number of aromatic amines is 1. The fourth-order valence-corrected chi connectivity index (χ4v) is 3.43. The van der Waals surface area contributed by atoms with Crippen LogP contribution in [0.1, 0.15) is 41.6 Å². The summed E-state index contributed by atoms with van der Waals surface area (Å²) in [4.78, 5) is 23.9. The van der Waals surface area contributed by atoms with Crippen molar-refractivity contribution in [2.75, 3.05) is 0 Å². The van der Waals surface area contributed by atoms with Crippen LogP contribution < -0.4 is 0 Å². The van der Waals surface area contributed by atoms with Crippen LogP contribution in [0, 0.1) is 12.7 Å². The summed E-state index contributed by atoms with van der Waals surface area (Å²) in [6.45, 7) is 6.03. The highest BCUT2D eigenvalue weighted by atomic mass is 19.1. The lowest BCUT2D eigenvalue weighted by molar-refractivity contribution is 0.0697. The first-order valence-electron chi connectivity index (χ1n) is 10.0. The van der Waals surface area contributed by atoms with Crippen molar-refractivity contribution in [3.63, 3.8) is 0 Å². The van der Waals surface area contributed by atoms with Gasteiger partial charge in [-0.15, -0.1) is 0 Å². The molecule has 4 rings (SSSR count). The van der Waals surface area contributed by atoms with Crippen LogP contribution >= 0.6 is 0 Å². The van der Waals surface area contributed by atoms with E-state index in [1.807, 2.05) is 25.1 Å². The van der Waals surface area contributed by atoms with E-state index in [-0.39, 0.29) is 17.3 Å². The molecule has 0 aliphatic carbocycles. The minimum absolute atomic E-state index is 0.155. The quantitative estimate of drug-likeness (QED) is 0.414. The average molecular weight is 415 g/mol.